The van der Waals surface area contributed by atoms with Crippen LogP contribution in [0.2, 0.25) is 0 Å². The highest BCUT2D eigenvalue weighted by molar-refractivity contribution is 14.1. The molecule has 0 saturated heterocycles. The fourth-order valence-corrected chi connectivity index (χ4v) is 3.45. The predicted octanol–water partition coefficient (Wildman–Crippen LogP) is 5.55. The number of hydrogen-bond acceptors (Lipinski definition) is 2. The minimum Gasteiger partial charge on any atom is -0.497 e. The molecular formula is C16H15F3I2O2. The Morgan fingerprint density at radius 1 is 1.09 bits per heavy atom. The Morgan fingerprint density at radius 2 is 1.78 bits per heavy atom. The molecule has 0 bridgehead atoms. The highest BCUT2D eigenvalue weighted by Gasteiger charge is 2.26. The van der Waals surface area contributed by atoms with Crippen molar-refractivity contribution in [2.24, 2.45) is 5.92 Å². The van der Waals surface area contributed by atoms with Gasteiger partial charge in [-0.15, -0.1) is 0 Å². The van der Waals surface area contributed by atoms with Crippen molar-refractivity contribution in [3.8, 4) is 5.75 Å². The first-order valence-corrected chi connectivity index (χ1v) is 9.34. The summed E-state index contributed by atoms with van der Waals surface area (Å²) >= 11 is 3.98. The Bertz CT molecular complexity index is 609. The summed E-state index contributed by atoms with van der Waals surface area (Å²) in [5, 5.41) is 0. The average Bonchev–Trinajstić information content (AvgIpc) is 2.48. The lowest BCUT2D eigenvalue weighted by molar-refractivity contribution is 0.170. The van der Waals surface area contributed by atoms with E-state index in [0.717, 1.165) is 11.8 Å². The molecule has 0 radical (unpaired) electrons. The van der Waals surface area contributed by atoms with Crippen LogP contribution in [0.3, 0.4) is 0 Å². The molecule has 0 aromatic heterocycles. The molecule has 2 rings (SSSR count). The van der Waals surface area contributed by atoms with E-state index in [0.29, 0.717) is 16.6 Å². The van der Waals surface area contributed by atoms with Crippen LogP contribution in [0.5, 0.6) is 5.75 Å². The van der Waals surface area contributed by atoms with Crippen molar-refractivity contribution >= 4 is 45.2 Å². The van der Waals surface area contributed by atoms with Gasteiger partial charge in [0.15, 0.2) is 11.6 Å². The fraction of sp³-hybridized carbons (Fsp3) is 0.375. The summed E-state index contributed by atoms with van der Waals surface area (Å²) in [6.45, 7) is 2.44. The van der Waals surface area contributed by atoms with Crippen molar-refractivity contribution in [3.63, 3.8) is 0 Å². The Labute approximate surface area is 160 Å². The summed E-state index contributed by atoms with van der Waals surface area (Å²) in [4.78, 5) is 0. The highest BCUT2D eigenvalue weighted by Crippen LogP contribution is 2.32. The number of rotatable bonds is 6. The van der Waals surface area contributed by atoms with Crippen molar-refractivity contribution in [1.29, 1.82) is 0 Å². The lowest BCUT2D eigenvalue weighted by Gasteiger charge is -2.23. The molecule has 0 heterocycles. The molecule has 2 unspecified atom stereocenters. The van der Waals surface area contributed by atoms with E-state index in [-0.39, 0.29) is 28.0 Å². The Kier molecular flexibility index (Phi) is 7.05. The van der Waals surface area contributed by atoms with Crippen LogP contribution < -0.4 is 4.74 Å². The first-order chi connectivity index (χ1) is 10.9. The van der Waals surface area contributed by atoms with Crippen LogP contribution in [0.4, 0.5) is 13.2 Å². The third-order valence-electron chi connectivity index (χ3n) is 3.32. The van der Waals surface area contributed by atoms with Gasteiger partial charge in [-0.05, 0) is 40.8 Å². The summed E-state index contributed by atoms with van der Waals surface area (Å²) in [5.41, 5.74) is 0. The summed E-state index contributed by atoms with van der Waals surface area (Å²) < 4.78 is 51.3. The molecule has 2 nitrogen and oxygen atoms in total. The molecule has 0 fully saturated rings. The van der Waals surface area contributed by atoms with Gasteiger partial charge in [0.2, 0.25) is 0 Å². The second-order valence-electron chi connectivity index (χ2n) is 5.06. The summed E-state index contributed by atoms with van der Waals surface area (Å²) in [6.07, 6.45) is 3.59. The van der Waals surface area contributed by atoms with E-state index in [4.69, 9.17) is 9.47 Å². The maximum Gasteiger partial charge on any atom is 0.169 e. The summed E-state index contributed by atoms with van der Waals surface area (Å²) in [5.74, 6) is -0.930. The third kappa shape index (κ3) is 5.01. The number of allylic oxidation sites excluding steroid dienone is 4. The van der Waals surface area contributed by atoms with Crippen LogP contribution in [-0.2, 0) is 4.74 Å². The third-order valence-corrected chi connectivity index (χ3v) is 5.81. The quantitative estimate of drug-likeness (QED) is 0.263. The predicted molar refractivity (Wildman–Crippen MR) is 99.4 cm³/mol. The van der Waals surface area contributed by atoms with Gasteiger partial charge in [-0.25, -0.2) is 13.2 Å². The number of benzene rings is 1. The molecule has 0 spiro atoms. The zero-order chi connectivity index (χ0) is 17.0. The zero-order valence-corrected chi connectivity index (χ0v) is 16.6. The van der Waals surface area contributed by atoms with Gasteiger partial charge in [0.05, 0.1) is 20.7 Å². The molecule has 0 N–H and O–H groups in total. The van der Waals surface area contributed by atoms with Crippen molar-refractivity contribution in [2.45, 2.75) is 17.3 Å². The van der Waals surface area contributed by atoms with Gasteiger partial charge in [-0.2, -0.15) is 0 Å². The van der Waals surface area contributed by atoms with E-state index in [2.05, 4.69) is 22.6 Å². The highest BCUT2D eigenvalue weighted by atomic mass is 127. The minimum absolute atomic E-state index is 0.0472. The van der Waals surface area contributed by atoms with Gasteiger partial charge >= 0.3 is 0 Å². The van der Waals surface area contributed by atoms with E-state index in [1.807, 2.05) is 29.5 Å². The summed E-state index contributed by atoms with van der Waals surface area (Å²) in [6, 6.07) is 2.01. The van der Waals surface area contributed by atoms with Gasteiger partial charge in [0, 0.05) is 18.4 Å². The van der Waals surface area contributed by atoms with Crippen molar-refractivity contribution < 1.29 is 22.6 Å². The molecule has 126 valence electrons. The number of halogens is 5. The van der Waals surface area contributed by atoms with Crippen LogP contribution in [0.15, 0.2) is 35.9 Å². The van der Waals surface area contributed by atoms with Crippen LogP contribution in [0, 0.1) is 21.1 Å². The molecule has 1 aromatic rings. The second kappa shape index (κ2) is 8.59. The molecule has 0 saturated carbocycles. The van der Waals surface area contributed by atoms with E-state index < -0.39 is 11.6 Å². The molecule has 0 amide bonds. The lowest BCUT2D eigenvalue weighted by atomic mass is 10.0. The van der Waals surface area contributed by atoms with E-state index in [1.165, 1.54) is 12.1 Å². The topological polar surface area (TPSA) is 18.5 Å². The van der Waals surface area contributed by atoms with Crippen LogP contribution in [0.1, 0.15) is 13.3 Å². The van der Waals surface area contributed by atoms with Crippen LogP contribution in [0.25, 0.3) is 0 Å². The monoisotopic (exact) mass is 550 g/mol. The molecule has 2 atom stereocenters. The van der Waals surface area contributed by atoms with Crippen LogP contribution in [-0.4, -0.2) is 17.1 Å². The molecular weight excluding hydrogens is 535 g/mol. The molecule has 1 aliphatic carbocycles. The lowest BCUT2D eigenvalue weighted by Crippen LogP contribution is -2.20. The van der Waals surface area contributed by atoms with Gasteiger partial charge < -0.3 is 9.47 Å². The maximum atomic E-state index is 13.6. The molecule has 0 aliphatic heterocycles. The SMILES string of the molecule is CC1C(F)=CC=C(OCCCOc2c(F)cc(F)cc2I)C1I. The Hall–Kier alpha value is -0.450. The second-order valence-corrected chi connectivity index (χ2v) is 7.56. The van der Waals surface area contributed by atoms with E-state index >= 15 is 0 Å². The molecule has 1 aromatic carbocycles. The fourth-order valence-electron chi connectivity index (χ4n) is 2.01. The average molecular weight is 550 g/mol. The number of hydrogen-bond donors (Lipinski definition) is 0. The first-order valence-electron chi connectivity index (χ1n) is 7.01. The maximum absolute atomic E-state index is 13.6. The molecule has 1 aliphatic rings. The zero-order valence-electron chi connectivity index (χ0n) is 12.3. The number of ether oxygens (including phenoxy) is 2. The largest absolute Gasteiger partial charge is 0.497 e. The number of alkyl halides is 1. The van der Waals surface area contributed by atoms with E-state index in [9.17, 15) is 13.2 Å². The standard InChI is InChI=1S/C16H15F3I2O2/c1-9-11(18)3-4-14(15(9)21)22-5-2-6-23-16-12(19)7-10(17)8-13(16)20/h3-4,7-9,15H,2,5-6H2,1H3. The molecule has 7 heteroatoms. The van der Waals surface area contributed by atoms with Gasteiger partial charge in [-0.1, -0.05) is 29.5 Å². The van der Waals surface area contributed by atoms with Crippen molar-refractivity contribution in [3.05, 3.63) is 51.1 Å². The minimum atomic E-state index is -0.716. The molecule has 23 heavy (non-hydrogen) atoms. The van der Waals surface area contributed by atoms with E-state index in [1.54, 1.807) is 6.08 Å². The van der Waals surface area contributed by atoms with Gasteiger partial charge in [0.25, 0.3) is 0 Å². The van der Waals surface area contributed by atoms with Crippen molar-refractivity contribution in [2.75, 3.05) is 13.2 Å². The first kappa shape index (κ1) is 18.9. The van der Waals surface area contributed by atoms with Gasteiger partial charge in [-0.3, -0.25) is 0 Å². The Balaban J connectivity index is 1.79. The normalized spacial score (nSPS) is 20.8. The Morgan fingerprint density at radius 3 is 2.48 bits per heavy atom. The van der Waals surface area contributed by atoms with Gasteiger partial charge in [0.1, 0.15) is 17.4 Å². The summed E-state index contributed by atoms with van der Waals surface area (Å²) in [7, 11) is 0. The van der Waals surface area contributed by atoms with Crippen LogP contribution >= 0.6 is 45.2 Å². The smallest absolute Gasteiger partial charge is 0.169 e. The van der Waals surface area contributed by atoms with Crippen molar-refractivity contribution in [1.82, 2.24) is 0 Å².